The van der Waals surface area contributed by atoms with Gasteiger partial charge in [-0.25, -0.2) is 13.2 Å². The largest absolute Gasteiger partial charge is 0.388 e. The van der Waals surface area contributed by atoms with Gasteiger partial charge in [0, 0.05) is 64.2 Å². The van der Waals surface area contributed by atoms with Crippen LogP contribution in [-0.2, 0) is 11.3 Å². The Morgan fingerprint density at radius 2 is 1.88 bits per heavy atom. The summed E-state index contributed by atoms with van der Waals surface area (Å²) in [5.41, 5.74) is 2.71. The minimum absolute atomic E-state index is 0.148. The fourth-order valence-electron chi connectivity index (χ4n) is 3.62. The second kappa shape index (κ2) is 6.86. The topological polar surface area (TPSA) is 35.6 Å². The molecule has 0 radical (unpaired) electrons. The normalized spacial score (nSPS) is 21.1. The SMILES string of the molecule is CNc1cc(F)cc(CN2CCN(C(=O)C3CC(F)(F)C3)CC2)c1C. The van der Waals surface area contributed by atoms with Gasteiger partial charge in [-0.3, -0.25) is 9.69 Å². The molecule has 0 aromatic heterocycles. The first-order valence-electron chi connectivity index (χ1n) is 8.65. The Balaban J connectivity index is 1.55. The summed E-state index contributed by atoms with van der Waals surface area (Å²) in [5.74, 6) is -3.61. The van der Waals surface area contributed by atoms with Crippen LogP contribution in [-0.4, -0.2) is 54.9 Å². The molecule has 1 saturated carbocycles. The smallest absolute Gasteiger partial charge is 0.249 e. The minimum Gasteiger partial charge on any atom is -0.388 e. The first-order valence-corrected chi connectivity index (χ1v) is 8.65. The molecule has 4 nitrogen and oxygen atoms in total. The Labute approximate surface area is 146 Å². The van der Waals surface area contributed by atoms with Crippen LogP contribution in [0, 0.1) is 18.7 Å². The zero-order valence-electron chi connectivity index (χ0n) is 14.6. The van der Waals surface area contributed by atoms with Crippen LogP contribution in [0.2, 0.25) is 0 Å². The molecule has 1 heterocycles. The lowest BCUT2D eigenvalue weighted by Gasteiger charge is -2.40. The third-order valence-electron chi connectivity index (χ3n) is 5.27. The van der Waals surface area contributed by atoms with Gasteiger partial charge in [0.2, 0.25) is 11.8 Å². The molecule has 1 aromatic rings. The van der Waals surface area contributed by atoms with Gasteiger partial charge in [0.15, 0.2) is 0 Å². The monoisotopic (exact) mass is 355 g/mol. The van der Waals surface area contributed by atoms with E-state index < -0.39 is 11.8 Å². The van der Waals surface area contributed by atoms with E-state index in [1.807, 2.05) is 6.92 Å². The fourth-order valence-corrected chi connectivity index (χ4v) is 3.62. The van der Waals surface area contributed by atoms with E-state index in [1.54, 1.807) is 18.0 Å². The van der Waals surface area contributed by atoms with Gasteiger partial charge in [-0.15, -0.1) is 0 Å². The number of carbonyl (C=O) groups is 1. The molecule has 1 aromatic carbocycles. The molecule has 25 heavy (non-hydrogen) atoms. The quantitative estimate of drug-likeness (QED) is 0.902. The maximum Gasteiger partial charge on any atom is 0.249 e. The van der Waals surface area contributed by atoms with Crippen LogP contribution < -0.4 is 5.32 Å². The molecule has 1 amide bonds. The zero-order chi connectivity index (χ0) is 18.2. The van der Waals surface area contributed by atoms with Gasteiger partial charge >= 0.3 is 0 Å². The van der Waals surface area contributed by atoms with Crippen molar-refractivity contribution in [3.8, 4) is 0 Å². The number of hydrogen-bond donors (Lipinski definition) is 1. The van der Waals surface area contributed by atoms with Gasteiger partial charge in [-0.2, -0.15) is 0 Å². The highest BCUT2D eigenvalue weighted by Crippen LogP contribution is 2.43. The van der Waals surface area contributed by atoms with E-state index in [4.69, 9.17) is 0 Å². The lowest BCUT2D eigenvalue weighted by Crippen LogP contribution is -2.53. The third kappa shape index (κ3) is 3.92. The maximum absolute atomic E-state index is 13.7. The van der Waals surface area contributed by atoms with Crippen molar-refractivity contribution in [3.05, 3.63) is 29.1 Å². The summed E-state index contributed by atoms with van der Waals surface area (Å²) in [6, 6.07) is 3.02. The summed E-state index contributed by atoms with van der Waals surface area (Å²) >= 11 is 0. The molecule has 0 spiro atoms. The van der Waals surface area contributed by atoms with E-state index in [-0.39, 0.29) is 24.6 Å². The summed E-state index contributed by atoms with van der Waals surface area (Å²) in [6.45, 7) is 4.97. The standard InChI is InChI=1S/C18H24F3N3O/c1-12-13(7-15(19)8-16(12)22-2)11-23-3-5-24(6-4-23)17(25)14-9-18(20,21)10-14/h7-8,14,22H,3-6,9-11H2,1-2H3. The molecule has 1 saturated heterocycles. The molecule has 1 aliphatic heterocycles. The predicted molar refractivity (Wildman–Crippen MR) is 90.2 cm³/mol. The van der Waals surface area contributed by atoms with E-state index in [0.29, 0.717) is 32.7 Å². The highest BCUT2D eigenvalue weighted by Gasteiger charge is 2.49. The minimum atomic E-state index is -2.66. The fraction of sp³-hybridized carbons (Fsp3) is 0.611. The van der Waals surface area contributed by atoms with Crippen molar-refractivity contribution >= 4 is 11.6 Å². The van der Waals surface area contributed by atoms with E-state index in [1.165, 1.54) is 6.07 Å². The number of anilines is 1. The van der Waals surface area contributed by atoms with Crippen molar-refractivity contribution < 1.29 is 18.0 Å². The van der Waals surface area contributed by atoms with Crippen LogP contribution in [0.5, 0.6) is 0 Å². The second-order valence-corrected chi connectivity index (χ2v) is 7.05. The highest BCUT2D eigenvalue weighted by molar-refractivity contribution is 5.80. The number of amides is 1. The molecule has 3 rings (SSSR count). The van der Waals surface area contributed by atoms with Crippen molar-refractivity contribution in [3.63, 3.8) is 0 Å². The van der Waals surface area contributed by atoms with Crippen LogP contribution in [0.25, 0.3) is 0 Å². The van der Waals surface area contributed by atoms with Gasteiger partial charge in [-0.05, 0) is 30.2 Å². The number of halogens is 3. The number of nitrogens with zero attached hydrogens (tertiary/aromatic N) is 2. The molecule has 138 valence electrons. The Kier molecular flexibility index (Phi) is 4.95. The second-order valence-electron chi connectivity index (χ2n) is 7.05. The summed E-state index contributed by atoms with van der Waals surface area (Å²) in [5, 5.41) is 2.99. The number of alkyl halides is 2. The zero-order valence-corrected chi connectivity index (χ0v) is 14.6. The lowest BCUT2D eigenvalue weighted by molar-refractivity contribution is -0.161. The number of hydrogen-bond acceptors (Lipinski definition) is 3. The van der Waals surface area contributed by atoms with E-state index in [9.17, 15) is 18.0 Å². The molecule has 1 N–H and O–H groups in total. The molecule has 7 heteroatoms. The molecular weight excluding hydrogens is 331 g/mol. The number of piperazine rings is 1. The van der Waals surface area contributed by atoms with Crippen LogP contribution in [0.1, 0.15) is 24.0 Å². The van der Waals surface area contributed by atoms with Gasteiger partial charge < -0.3 is 10.2 Å². The number of benzene rings is 1. The Bertz CT molecular complexity index is 649. The summed E-state index contributed by atoms with van der Waals surface area (Å²) in [4.78, 5) is 16.1. The van der Waals surface area contributed by atoms with Crippen molar-refractivity contribution in [1.82, 2.24) is 9.80 Å². The van der Waals surface area contributed by atoms with Crippen molar-refractivity contribution in [2.75, 3.05) is 38.5 Å². The molecule has 2 aliphatic rings. The average molecular weight is 355 g/mol. The van der Waals surface area contributed by atoms with Crippen LogP contribution in [0.3, 0.4) is 0 Å². The number of carbonyl (C=O) groups excluding carboxylic acids is 1. The Morgan fingerprint density at radius 1 is 1.24 bits per heavy atom. The first kappa shape index (κ1) is 18.0. The van der Waals surface area contributed by atoms with Crippen LogP contribution >= 0.6 is 0 Å². The lowest BCUT2D eigenvalue weighted by atomic mass is 9.80. The van der Waals surface area contributed by atoms with Crippen molar-refractivity contribution in [2.24, 2.45) is 5.92 Å². The average Bonchev–Trinajstić information content (AvgIpc) is 2.55. The predicted octanol–water partition coefficient (Wildman–Crippen LogP) is 2.87. The van der Waals surface area contributed by atoms with E-state index >= 15 is 0 Å². The summed E-state index contributed by atoms with van der Waals surface area (Å²) in [7, 11) is 1.76. The molecule has 0 atom stereocenters. The van der Waals surface area contributed by atoms with Crippen molar-refractivity contribution in [2.45, 2.75) is 32.2 Å². The van der Waals surface area contributed by atoms with Crippen LogP contribution in [0.15, 0.2) is 12.1 Å². The number of rotatable bonds is 4. The van der Waals surface area contributed by atoms with Gasteiger partial charge in [0.1, 0.15) is 5.82 Å². The Morgan fingerprint density at radius 3 is 2.44 bits per heavy atom. The van der Waals surface area contributed by atoms with Gasteiger partial charge in [0.25, 0.3) is 0 Å². The van der Waals surface area contributed by atoms with Gasteiger partial charge in [-0.1, -0.05) is 0 Å². The Hall–Kier alpha value is -1.76. The molecule has 2 fully saturated rings. The number of nitrogens with one attached hydrogen (secondary N) is 1. The first-order chi connectivity index (χ1) is 11.8. The highest BCUT2D eigenvalue weighted by atomic mass is 19.3. The van der Waals surface area contributed by atoms with E-state index in [0.717, 1.165) is 16.8 Å². The van der Waals surface area contributed by atoms with Crippen molar-refractivity contribution in [1.29, 1.82) is 0 Å². The molecule has 0 unspecified atom stereocenters. The summed E-state index contributed by atoms with van der Waals surface area (Å²) < 4.78 is 39.6. The van der Waals surface area contributed by atoms with Gasteiger partial charge in [0.05, 0.1) is 0 Å². The molecular formula is C18H24F3N3O. The third-order valence-corrected chi connectivity index (χ3v) is 5.27. The van der Waals surface area contributed by atoms with E-state index in [2.05, 4.69) is 10.2 Å². The van der Waals surface area contributed by atoms with Crippen LogP contribution in [0.4, 0.5) is 18.9 Å². The molecule has 0 bridgehead atoms. The summed E-state index contributed by atoms with van der Waals surface area (Å²) in [6.07, 6.45) is -0.636. The molecule has 1 aliphatic carbocycles. The maximum atomic E-state index is 13.7.